The molecule has 0 unspecified atom stereocenters. The van der Waals surface area contributed by atoms with Crippen molar-refractivity contribution in [2.45, 2.75) is 19.5 Å². The maximum atomic E-state index is 5.76. The highest BCUT2D eigenvalue weighted by Crippen LogP contribution is 2.22. The molecule has 2 aromatic heterocycles. The van der Waals surface area contributed by atoms with Gasteiger partial charge in [0.1, 0.15) is 0 Å². The number of rotatable bonds is 3. The van der Waals surface area contributed by atoms with E-state index in [-0.39, 0.29) is 0 Å². The van der Waals surface area contributed by atoms with Crippen LogP contribution in [0.1, 0.15) is 16.8 Å². The molecule has 0 amide bonds. The number of anilines is 1. The van der Waals surface area contributed by atoms with Crippen LogP contribution in [-0.4, -0.2) is 26.4 Å². The van der Waals surface area contributed by atoms with Crippen LogP contribution >= 0.6 is 0 Å². The first-order valence-electron chi connectivity index (χ1n) is 8.10. The second-order valence-electron chi connectivity index (χ2n) is 6.10. The highest BCUT2D eigenvalue weighted by Gasteiger charge is 2.19. The molecule has 4 rings (SSSR count). The Morgan fingerprint density at radius 3 is 2.62 bits per heavy atom. The van der Waals surface area contributed by atoms with E-state index in [0.717, 1.165) is 48.8 Å². The fourth-order valence-corrected chi connectivity index (χ4v) is 3.01. The van der Waals surface area contributed by atoms with Crippen molar-refractivity contribution in [3.63, 3.8) is 0 Å². The molecule has 1 aliphatic rings. The van der Waals surface area contributed by atoms with Gasteiger partial charge in [-0.25, -0.2) is 9.97 Å². The van der Waals surface area contributed by atoms with Crippen molar-refractivity contribution in [1.82, 2.24) is 19.9 Å². The number of nitrogen functional groups attached to an aromatic ring is 1. The van der Waals surface area contributed by atoms with Crippen LogP contribution in [0, 0.1) is 0 Å². The SMILES string of the molecule is Nc1ccc(-c2ncc3c(n2)CN(Cc2ccncc2)CC3)cc1. The molecule has 120 valence electrons. The molecular weight excluding hydrogens is 298 g/mol. The minimum absolute atomic E-state index is 0.750. The quantitative estimate of drug-likeness (QED) is 0.752. The first kappa shape index (κ1) is 14.8. The van der Waals surface area contributed by atoms with Crippen LogP contribution in [0.15, 0.2) is 55.0 Å². The topological polar surface area (TPSA) is 67.9 Å². The van der Waals surface area contributed by atoms with E-state index in [2.05, 4.69) is 27.0 Å². The Hall–Kier alpha value is -2.79. The highest BCUT2D eigenvalue weighted by molar-refractivity contribution is 5.58. The van der Waals surface area contributed by atoms with Gasteiger partial charge in [-0.15, -0.1) is 0 Å². The molecule has 0 fully saturated rings. The van der Waals surface area contributed by atoms with Crippen molar-refractivity contribution >= 4 is 5.69 Å². The third-order valence-electron chi connectivity index (χ3n) is 4.35. The van der Waals surface area contributed by atoms with E-state index in [9.17, 15) is 0 Å². The number of hydrogen-bond donors (Lipinski definition) is 1. The molecule has 0 saturated carbocycles. The molecule has 1 aliphatic heterocycles. The van der Waals surface area contributed by atoms with Gasteiger partial charge in [0.15, 0.2) is 5.82 Å². The van der Waals surface area contributed by atoms with Crippen molar-refractivity contribution in [1.29, 1.82) is 0 Å². The zero-order chi connectivity index (χ0) is 16.4. The molecule has 5 heteroatoms. The van der Waals surface area contributed by atoms with Crippen LogP contribution < -0.4 is 5.73 Å². The summed E-state index contributed by atoms with van der Waals surface area (Å²) >= 11 is 0. The molecule has 2 N–H and O–H groups in total. The number of benzene rings is 1. The van der Waals surface area contributed by atoms with E-state index in [4.69, 9.17) is 10.7 Å². The number of hydrogen-bond acceptors (Lipinski definition) is 5. The van der Waals surface area contributed by atoms with E-state index in [1.54, 1.807) is 0 Å². The van der Waals surface area contributed by atoms with Gasteiger partial charge in [-0.3, -0.25) is 9.88 Å². The average Bonchev–Trinajstić information content (AvgIpc) is 2.63. The summed E-state index contributed by atoms with van der Waals surface area (Å²) in [6.07, 6.45) is 6.64. The van der Waals surface area contributed by atoms with Gasteiger partial charge < -0.3 is 5.73 Å². The zero-order valence-electron chi connectivity index (χ0n) is 13.4. The maximum Gasteiger partial charge on any atom is 0.159 e. The van der Waals surface area contributed by atoms with Crippen molar-refractivity contribution in [2.24, 2.45) is 0 Å². The molecule has 0 bridgehead atoms. The van der Waals surface area contributed by atoms with Gasteiger partial charge in [0.05, 0.1) is 5.69 Å². The van der Waals surface area contributed by atoms with Gasteiger partial charge in [0, 0.05) is 49.5 Å². The molecule has 0 saturated heterocycles. The number of fused-ring (bicyclic) bond motifs is 1. The van der Waals surface area contributed by atoms with E-state index in [1.165, 1.54) is 11.1 Å². The molecule has 5 nitrogen and oxygen atoms in total. The second-order valence-corrected chi connectivity index (χ2v) is 6.10. The Morgan fingerprint density at radius 1 is 1.04 bits per heavy atom. The van der Waals surface area contributed by atoms with Crippen molar-refractivity contribution in [3.8, 4) is 11.4 Å². The van der Waals surface area contributed by atoms with Gasteiger partial charge in [0.2, 0.25) is 0 Å². The van der Waals surface area contributed by atoms with Crippen LogP contribution in [-0.2, 0) is 19.5 Å². The van der Waals surface area contributed by atoms with Crippen molar-refractivity contribution in [2.75, 3.05) is 12.3 Å². The Balaban J connectivity index is 1.56. The molecule has 0 aliphatic carbocycles. The van der Waals surface area contributed by atoms with Gasteiger partial charge >= 0.3 is 0 Å². The summed E-state index contributed by atoms with van der Waals surface area (Å²) in [4.78, 5) is 15.8. The Kier molecular flexibility index (Phi) is 3.92. The third kappa shape index (κ3) is 3.12. The monoisotopic (exact) mass is 317 g/mol. The van der Waals surface area contributed by atoms with E-state index in [1.807, 2.05) is 42.9 Å². The Bertz CT molecular complexity index is 830. The predicted molar refractivity (Wildman–Crippen MR) is 93.9 cm³/mol. The third-order valence-corrected chi connectivity index (χ3v) is 4.35. The van der Waals surface area contributed by atoms with Crippen LogP contribution in [0.25, 0.3) is 11.4 Å². The zero-order valence-corrected chi connectivity index (χ0v) is 13.4. The summed E-state index contributed by atoms with van der Waals surface area (Å²) in [7, 11) is 0. The lowest BCUT2D eigenvalue weighted by molar-refractivity contribution is 0.241. The van der Waals surface area contributed by atoms with Crippen molar-refractivity contribution < 1.29 is 0 Å². The van der Waals surface area contributed by atoms with Crippen LogP contribution in [0.5, 0.6) is 0 Å². The molecular formula is C19H19N5. The standard InChI is InChI=1S/C19H19N5/c20-17-3-1-15(2-4-17)19-22-11-16-7-10-24(13-18(16)23-19)12-14-5-8-21-9-6-14/h1-6,8-9,11H,7,10,12-13,20H2. The lowest BCUT2D eigenvalue weighted by atomic mass is 10.1. The van der Waals surface area contributed by atoms with Gasteiger partial charge in [-0.2, -0.15) is 0 Å². The normalized spacial score (nSPS) is 14.3. The van der Waals surface area contributed by atoms with Crippen LogP contribution in [0.4, 0.5) is 5.69 Å². The molecule has 0 spiro atoms. The number of aromatic nitrogens is 3. The summed E-state index contributed by atoms with van der Waals surface area (Å²) in [5.74, 6) is 0.763. The van der Waals surface area contributed by atoms with Crippen LogP contribution in [0.3, 0.4) is 0 Å². The van der Waals surface area contributed by atoms with E-state index >= 15 is 0 Å². The highest BCUT2D eigenvalue weighted by atomic mass is 15.1. The van der Waals surface area contributed by atoms with E-state index in [0.29, 0.717) is 0 Å². The largest absolute Gasteiger partial charge is 0.399 e. The lowest BCUT2D eigenvalue weighted by Gasteiger charge is -2.28. The van der Waals surface area contributed by atoms with Gasteiger partial charge in [0.25, 0.3) is 0 Å². The molecule has 0 radical (unpaired) electrons. The molecule has 3 aromatic rings. The van der Waals surface area contributed by atoms with Crippen molar-refractivity contribution in [3.05, 3.63) is 71.8 Å². The summed E-state index contributed by atoms with van der Waals surface area (Å²) in [6.45, 7) is 2.80. The lowest BCUT2D eigenvalue weighted by Crippen LogP contribution is -2.31. The van der Waals surface area contributed by atoms with Gasteiger partial charge in [-0.05, 0) is 53.9 Å². The average molecular weight is 317 g/mol. The predicted octanol–water partition coefficient (Wildman–Crippen LogP) is 2.68. The van der Waals surface area contributed by atoms with Gasteiger partial charge in [-0.1, -0.05) is 0 Å². The summed E-state index contributed by atoms with van der Waals surface area (Å²) in [5, 5.41) is 0. The smallest absolute Gasteiger partial charge is 0.159 e. The van der Waals surface area contributed by atoms with Crippen LogP contribution in [0.2, 0.25) is 0 Å². The first-order valence-corrected chi connectivity index (χ1v) is 8.10. The Labute approximate surface area is 141 Å². The number of nitrogens with zero attached hydrogens (tertiary/aromatic N) is 4. The number of nitrogens with two attached hydrogens (primary N) is 1. The number of pyridine rings is 1. The first-order chi connectivity index (χ1) is 11.8. The minimum Gasteiger partial charge on any atom is -0.399 e. The maximum absolute atomic E-state index is 5.76. The molecule has 24 heavy (non-hydrogen) atoms. The molecule has 3 heterocycles. The minimum atomic E-state index is 0.750. The fraction of sp³-hybridized carbons (Fsp3) is 0.211. The molecule has 1 aromatic carbocycles. The van der Waals surface area contributed by atoms with E-state index < -0.39 is 0 Å². The summed E-state index contributed by atoms with van der Waals surface area (Å²) < 4.78 is 0. The summed E-state index contributed by atoms with van der Waals surface area (Å²) in [6, 6.07) is 11.8. The second kappa shape index (κ2) is 6.37. The molecule has 0 atom stereocenters. The summed E-state index contributed by atoms with van der Waals surface area (Å²) in [5.41, 5.74) is 11.2. The Morgan fingerprint density at radius 2 is 1.83 bits per heavy atom. The fourth-order valence-electron chi connectivity index (χ4n) is 3.01.